The van der Waals surface area contributed by atoms with Gasteiger partial charge in [-0.1, -0.05) is 6.92 Å². The van der Waals surface area contributed by atoms with Gasteiger partial charge in [-0.25, -0.2) is 4.39 Å². The van der Waals surface area contributed by atoms with Gasteiger partial charge in [-0.05, 0) is 37.5 Å². The number of nitrogens with zero attached hydrogens (tertiary/aromatic N) is 5. The van der Waals surface area contributed by atoms with Crippen molar-refractivity contribution in [2.75, 3.05) is 13.1 Å². The van der Waals surface area contributed by atoms with Crippen molar-refractivity contribution in [3.63, 3.8) is 0 Å². The van der Waals surface area contributed by atoms with Crippen LogP contribution in [0, 0.1) is 5.82 Å². The lowest BCUT2D eigenvalue weighted by atomic mass is 10.1. The zero-order chi connectivity index (χ0) is 15.8. The lowest BCUT2D eigenvalue weighted by Gasteiger charge is -2.30. The number of aliphatic imine (C=N–C) groups is 1. The van der Waals surface area contributed by atoms with Crippen LogP contribution in [0.2, 0.25) is 0 Å². The Balaban J connectivity index is 1.88. The summed E-state index contributed by atoms with van der Waals surface area (Å²) in [6.07, 6.45) is 4.36. The molecular formula is C17H20FN5. The van der Waals surface area contributed by atoms with E-state index in [1.807, 2.05) is 10.6 Å². The summed E-state index contributed by atoms with van der Waals surface area (Å²) in [5.74, 6) is 2.37. The minimum Gasteiger partial charge on any atom is -0.356 e. The predicted octanol–water partition coefficient (Wildman–Crippen LogP) is 2.71. The number of rotatable bonds is 1. The van der Waals surface area contributed by atoms with Crippen molar-refractivity contribution in [1.82, 2.24) is 19.7 Å². The lowest BCUT2D eigenvalue weighted by Crippen LogP contribution is -2.36. The number of piperidine rings is 1. The second-order valence-corrected chi connectivity index (χ2v) is 6.07. The molecule has 0 atom stereocenters. The van der Waals surface area contributed by atoms with Crippen LogP contribution in [-0.2, 0) is 13.0 Å². The second kappa shape index (κ2) is 5.76. The van der Waals surface area contributed by atoms with Crippen LogP contribution in [0.25, 0.3) is 5.69 Å². The van der Waals surface area contributed by atoms with Gasteiger partial charge < -0.3 is 4.90 Å². The Bertz CT molecular complexity index is 758. The Morgan fingerprint density at radius 2 is 1.96 bits per heavy atom. The topological polar surface area (TPSA) is 46.3 Å². The second-order valence-electron chi connectivity index (χ2n) is 6.07. The van der Waals surface area contributed by atoms with Crippen LogP contribution in [0.3, 0.4) is 0 Å². The standard InChI is InChI=1S/C17H20FN5/c1-2-15-20-21-16-11-19-17(22-8-4-3-5-9-22)13-10-12(18)6-7-14(13)23(15)16/h6-7,10H,2-5,8-9,11H2,1H3. The van der Waals surface area contributed by atoms with Crippen molar-refractivity contribution in [2.45, 2.75) is 39.2 Å². The Labute approximate surface area is 134 Å². The third-order valence-corrected chi connectivity index (χ3v) is 4.58. The molecule has 0 spiro atoms. The average molecular weight is 313 g/mol. The molecule has 0 unspecified atom stereocenters. The fraction of sp³-hybridized carbons (Fsp3) is 0.471. The largest absolute Gasteiger partial charge is 0.356 e. The van der Waals surface area contributed by atoms with E-state index in [-0.39, 0.29) is 5.82 Å². The first kappa shape index (κ1) is 14.4. The predicted molar refractivity (Wildman–Crippen MR) is 86.4 cm³/mol. The molecule has 0 aliphatic carbocycles. The normalized spacial score (nSPS) is 17.3. The third kappa shape index (κ3) is 2.42. The molecule has 5 nitrogen and oxygen atoms in total. The Kier molecular flexibility index (Phi) is 3.59. The van der Waals surface area contributed by atoms with Crippen LogP contribution in [0.1, 0.15) is 43.4 Å². The van der Waals surface area contributed by atoms with Crippen molar-refractivity contribution in [3.05, 3.63) is 41.2 Å². The van der Waals surface area contributed by atoms with Gasteiger partial charge in [0.15, 0.2) is 5.82 Å². The molecule has 2 aliphatic heterocycles. The molecule has 2 aliphatic rings. The molecule has 6 heteroatoms. The van der Waals surface area contributed by atoms with Crippen LogP contribution >= 0.6 is 0 Å². The van der Waals surface area contributed by atoms with E-state index in [2.05, 4.69) is 22.0 Å². The number of likely N-dealkylation sites (tertiary alicyclic amines) is 1. The van der Waals surface area contributed by atoms with Crippen LogP contribution in [0.5, 0.6) is 0 Å². The number of aryl methyl sites for hydroxylation is 1. The van der Waals surface area contributed by atoms with Gasteiger partial charge in [0, 0.05) is 25.1 Å². The molecule has 0 bridgehead atoms. The maximum atomic E-state index is 13.9. The number of aromatic nitrogens is 3. The molecule has 0 saturated carbocycles. The molecule has 1 fully saturated rings. The Morgan fingerprint density at radius 1 is 1.13 bits per heavy atom. The molecule has 0 radical (unpaired) electrons. The van der Waals surface area contributed by atoms with E-state index >= 15 is 0 Å². The van der Waals surface area contributed by atoms with E-state index in [0.717, 1.165) is 61.1 Å². The van der Waals surface area contributed by atoms with E-state index in [1.54, 1.807) is 6.07 Å². The van der Waals surface area contributed by atoms with Gasteiger partial charge in [0.05, 0.1) is 5.69 Å². The van der Waals surface area contributed by atoms with Gasteiger partial charge in [0.25, 0.3) is 0 Å². The highest BCUT2D eigenvalue weighted by Gasteiger charge is 2.25. The summed E-state index contributed by atoms with van der Waals surface area (Å²) in [6, 6.07) is 4.92. The van der Waals surface area contributed by atoms with Crippen molar-refractivity contribution in [1.29, 1.82) is 0 Å². The summed E-state index contributed by atoms with van der Waals surface area (Å²) in [7, 11) is 0. The smallest absolute Gasteiger partial charge is 0.159 e. The molecule has 23 heavy (non-hydrogen) atoms. The SMILES string of the molecule is CCc1nnc2n1-c1ccc(F)cc1C(N1CCCCC1)=NC2. The third-order valence-electron chi connectivity index (χ3n) is 4.58. The fourth-order valence-electron chi connectivity index (χ4n) is 3.45. The van der Waals surface area contributed by atoms with Crippen LogP contribution in [0.15, 0.2) is 23.2 Å². The number of amidine groups is 1. The quantitative estimate of drug-likeness (QED) is 0.813. The Morgan fingerprint density at radius 3 is 2.74 bits per heavy atom. The summed E-state index contributed by atoms with van der Waals surface area (Å²) < 4.78 is 16.0. The first-order valence-electron chi connectivity index (χ1n) is 8.31. The molecular weight excluding hydrogens is 293 g/mol. The molecule has 1 aromatic heterocycles. The van der Waals surface area contributed by atoms with Crippen LogP contribution in [0.4, 0.5) is 4.39 Å². The summed E-state index contributed by atoms with van der Waals surface area (Å²) in [4.78, 5) is 7.06. The van der Waals surface area contributed by atoms with Crippen molar-refractivity contribution >= 4 is 5.84 Å². The molecule has 2 aromatic rings. The summed E-state index contributed by atoms with van der Waals surface area (Å²) in [5.41, 5.74) is 1.78. The van der Waals surface area contributed by atoms with Gasteiger partial charge in [-0.15, -0.1) is 10.2 Å². The highest BCUT2D eigenvalue weighted by Crippen LogP contribution is 2.26. The van der Waals surface area contributed by atoms with Crippen LogP contribution in [-0.4, -0.2) is 38.6 Å². The minimum atomic E-state index is -0.233. The van der Waals surface area contributed by atoms with E-state index in [1.165, 1.54) is 12.5 Å². The molecule has 1 aromatic carbocycles. The average Bonchev–Trinajstić information content (AvgIpc) is 2.92. The fourth-order valence-corrected chi connectivity index (χ4v) is 3.45. The van der Waals surface area contributed by atoms with Crippen molar-refractivity contribution in [2.24, 2.45) is 4.99 Å². The van der Waals surface area contributed by atoms with Gasteiger partial charge in [0.2, 0.25) is 0 Å². The Hall–Kier alpha value is -2.24. The number of hydrogen-bond donors (Lipinski definition) is 0. The molecule has 0 N–H and O–H groups in total. The maximum absolute atomic E-state index is 13.9. The summed E-state index contributed by atoms with van der Waals surface area (Å²) >= 11 is 0. The number of benzene rings is 1. The number of halogens is 1. The highest BCUT2D eigenvalue weighted by atomic mass is 19.1. The van der Waals surface area contributed by atoms with Crippen LogP contribution < -0.4 is 0 Å². The lowest BCUT2D eigenvalue weighted by molar-refractivity contribution is 0.342. The zero-order valence-electron chi connectivity index (χ0n) is 13.3. The molecule has 120 valence electrons. The van der Waals surface area contributed by atoms with Crippen molar-refractivity contribution < 1.29 is 4.39 Å². The summed E-state index contributed by atoms with van der Waals surface area (Å²) in [6.45, 7) is 4.50. The zero-order valence-corrected chi connectivity index (χ0v) is 13.3. The van der Waals surface area contributed by atoms with E-state index < -0.39 is 0 Å². The van der Waals surface area contributed by atoms with Gasteiger partial charge in [0.1, 0.15) is 24.0 Å². The molecule has 1 saturated heterocycles. The first-order chi connectivity index (χ1) is 11.3. The van der Waals surface area contributed by atoms with E-state index in [0.29, 0.717) is 6.54 Å². The van der Waals surface area contributed by atoms with Gasteiger partial charge >= 0.3 is 0 Å². The maximum Gasteiger partial charge on any atom is 0.159 e. The van der Waals surface area contributed by atoms with Crippen molar-refractivity contribution in [3.8, 4) is 5.69 Å². The molecule has 3 heterocycles. The number of hydrogen-bond acceptors (Lipinski definition) is 4. The van der Waals surface area contributed by atoms with E-state index in [4.69, 9.17) is 4.99 Å². The molecule has 0 amide bonds. The summed E-state index contributed by atoms with van der Waals surface area (Å²) in [5, 5.41) is 8.54. The van der Waals surface area contributed by atoms with Gasteiger partial charge in [-0.2, -0.15) is 0 Å². The molecule has 4 rings (SSSR count). The highest BCUT2D eigenvalue weighted by molar-refractivity contribution is 6.02. The monoisotopic (exact) mass is 313 g/mol. The minimum absolute atomic E-state index is 0.233. The number of fused-ring (bicyclic) bond motifs is 3. The van der Waals surface area contributed by atoms with Gasteiger partial charge in [-0.3, -0.25) is 9.56 Å². The first-order valence-corrected chi connectivity index (χ1v) is 8.31. The van der Waals surface area contributed by atoms with E-state index in [9.17, 15) is 4.39 Å².